The van der Waals surface area contributed by atoms with Gasteiger partial charge in [-0.05, 0) is 57.6 Å². The second-order valence-electron chi connectivity index (χ2n) is 13.7. The van der Waals surface area contributed by atoms with Gasteiger partial charge in [-0.15, -0.1) is 0 Å². The average molecular weight is 723 g/mol. The van der Waals surface area contributed by atoms with Crippen molar-refractivity contribution in [1.29, 1.82) is 0 Å². The Hall–Kier alpha value is -5.95. The Bertz CT molecular complexity index is 1920. The zero-order chi connectivity index (χ0) is 37.1. The van der Waals surface area contributed by atoms with Crippen LogP contribution in [0, 0.1) is 0 Å². The van der Waals surface area contributed by atoms with Gasteiger partial charge >= 0.3 is 6.03 Å². The zero-order valence-electron chi connectivity index (χ0n) is 30.1. The summed E-state index contributed by atoms with van der Waals surface area (Å²) < 4.78 is 44.9. The maximum Gasteiger partial charge on any atom is 0.321 e. The molecule has 1 aliphatic heterocycles. The van der Waals surface area contributed by atoms with E-state index in [9.17, 15) is 4.79 Å². The number of halogens is 2. The molecule has 54 heavy (non-hydrogen) atoms. The first-order valence-electron chi connectivity index (χ1n) is 18.5. The van der Waals surface area contributed by atoms with E-state index in [-0.39, 0.29) is 32.0 Å². The van der Waals surface area contributed by atoms with E-state index in [4.69, 9.17) is 9.47 Å². The molecule has 0 aromatic heterocycles. The quantitative estimate of drug-likeness (QED) is 0.0999. The predicted molar refractivity (Wildman–Crippen MR) is 208 cm³/mol. The number of carbonyl (C=O) groups excluding carboxylic acids is 1. The number of amides is 2. The Balaban J connectivity index is 1.19. The van der Waals surface area contributed by atoms with Gasteiger partial charge < -0.3 is 19.3 Å². The van der Waals surface area contributed by atoms with Gasteiger partial charge in [0.1, 0.15) is 37.1 Å². The van der Waals surface area contributed by atoms with E-state index in [1.54, 1.807) is 34.1 Å². The highest BCUT2D eigenvalue weighted by Gasteiger charge is 2.47. The molecule has 6 aromatic rings. The molecule has 1 aliphatic rings. The number of hydrogen-bond donors (Lipinski definition) is 0. The van der Waals surface area contributed by atoms with Gasteiger partial charge in [-0.1, -0.05) is 146 Å². The van der Waals surface area contributed by atoms with Crippen LogP contribution in [0.3, 0.4) is 0 Å². The van der Waals surface area contributed by atoms with Gasteiger partial charge in [0.05, 0.1) is 12.1 Å². The molecule has 0 spiro atoms. The largest absolute Gasteiger partial charge is 0.489 e. The molecule has 1 saturated heterocycles. The smallest absolute Gasteiger partial charge is 0.321 e. The van der Waals surface area contributed by atoms with E-state index < -0.39 is 24.4 Å². The van der Waals surface area contributed by atoms with Crippen molar-refractivity contribution >= 4 is 6.03 Å². The van der Waals surface area contributed by atoms with Gasteiger partial charge in [-0.3, -0.25) is 0 Å². The van der Waals surface area contributed by atoms with E-state index in [1.165, 1.54) is 0 Å². The van der Waals surface area contributed by atoms with E-state index in [1.807, 2.05) is 146 Å². The van der Waals surface area contributed by atoms with Crippen molar-refractivity contribution in [3.63, 3.8) is 0 Å². The third-order valence-corrected chi connectivity index (χ3v) is 9.95. The SMILES string of the molecule is O=C1N(Cc2cccc(OCc3ccccc3)c2)C(CC(F)c2ccccc2)C(CC(F)c2ccccc2)N1Cc1cccc(OCc2ccccc2)c1. The molecule has 0 radical (unpaired) electrons. The average Bonchev–Trinajstić information content (AvgIpc) is 3.45. The fraction of sp³-hybridized carbons (Fsp3) is 0.213. The third-order valence-electron chi connectivity index (χ3n) is 9.95. The fourth-order valence-corrected chi connectivity index (χ4v) is 7.16. The Morgan fingerprint density at radius 2 is 0.815 bits per heavy atom. The Labute approximate surface area is 316 Å². The van der Waals surface area contributed by atoms with E-state index in [0.717, 1.165) is 22.3 Å². The molecule has 0 N–H and O–H groups in total. The second-order valence-corrected chi connectivity index (χ2v) is 13.7. The first kappa shape index (κ1) is 36.4. The lowest BCUT2D eigenvalue weighted by Gasteiger charge is -2.30. The molecule has 0 saturated carbocycles. The number of nitrogens with zero attached hydrogens (tertiary/aromatic N) is 2. The number of ether oxygens (including phenoxy) is 2. The minimum atomic E-state index is -1.36. The van der Waals surface area contributed by atoms with Crippen molar-refractivity contribution in [2.75, 3.05) is 0 Å². The summed E-state index contributed by atoms with van der Waals surface area (Å²) in [6.07, 6.45) is -2.69. The lowest BCUT2D eigenvalue weighted by molar-refractivity contribution is 0.157. The molecule has 0 bridgehead atoms. The van der Waals surface area contributed by atoms with Gasteiger partial charge in [0, 0.05) is 25.9 Å². The van der Waals surface area contributed by atoms with Crippen molar-refractivity contribution in [1.82, 2.24) is 9.80 Å². The van der Waals surface area contributed by atoms with Crippen LogP contribution in [0.4, 0.5) is 13.6 Å². The summed E-state index contributed by atoms with van der Waals surface area (Å²) in [6, 6.07) is 51.6. The van der Waals surface area contributed by atoms with Crippen molar-refractivity contribution in [3.8, 4) is 11.5 Å². The van der Waals surface area contributed by atoms with Gasteiger partial charge in [0.15, 0.2) is 0 Å². The van der Waals surface area contributed by atoms with Crippen molar-refractivity contribution in [2.24, 2.45) is 0 Å². The number of alkyl halides is 2. The van der Waals surface area contributed by atoms with E-state index >= 15 is 8.78 Å². The van der Waals surface area contributed by atoms with Gasteiger partial charge in [0.2, 0.25) is 0 Å². The summed E-state index contributed by atoms with van der Waals surface area (Å²) in [6.45, 7) is 1.22. The van der Waals surface area contributed by atoms with E-state index in [2.05, 4.69) is 0 Å². The molecule has 4 atom stereocenters. The highest BCUT2D eigenvalue weighted by atomic mass is 19.1. The second kappa shape index (κ2) is 17.7. The molecular formula is C47H44F2N2O3. The molecular weight excluding hydrogens is 679 g/mol. The van der Waals surface area contributed by atoms with Crippen LogP contribution in [0.2, 0.25) is 0 Å². The lowest BCUT2D eigenvalue weighted by Crippen LogP contribution is -2.39. The Kier molecular flexibility index (Phi) is 11.9. The molecule has 7 rings (SSSR count). The predicted octanol–water partition coefficient (Wildman–Crippen LogP) is 11.2. The molecule has 1 heterocycles. The van der Waals surface area contributed by atoms with Crippen LogP contribution in [-0.4, -0.2) is 27.9 Å². The molecule has 6 aromatic carbocycles. The van der Waals surface area contributed by atoms with Crippen LogP contribution in [0.1, 0.15) is 58.6 Å². The van der Waals surface area contributed by atoms with Crippen molar-refractivity contribution in [3.05, 3.63) is 203 Å². The fourth-order valence-electron chi connectivity index (χ4n) is 7.16. The first-order valence-corrected chi connectivity index (χ1v) is 18.5. The van der Waals surface area contributed by atoms with Crippen LogP contribution >= 0.6 is 0 Å². The first-order chi connectivity index (χ1) is 26.5. The molecule has 2 amide bonds. The summed E-state index contributed by atoms with van der Waals surface area (Å²) in [5, 5.41) is 0. The number of rotatable bonds is 16. The minimum Gasteiger partial charge on any atom is -0.489 e. The van der Waals surface area contributed by atoms with Gasteiger partial charge in [-0.2, -0.15) is 0 Å². The van der Waals surface area contributed by atoms with Gasteiger partial charge in [0.25, 0.3) is 0 Å². The van der Waals surface area contributed by atoms with Crippen LogP contribution in [0.5, 0.6) is 11.5 Å². The number of urea groups is 1. The Morgan fingerprint density at radius 1 is 0.463 bits per heavy atom. The summed E-state index contributed by atoms with van der Waals surface area (Å²) in [5.74, 6) is 1.33. The van der Waals surface area contributed by atoms with Crippen LogP contribution < -0.4 is 9.47 Å². The summed E-state index contributed by atoms with van der Waals surface area (Å²) in [4.78, 5) is 18.2. The standard InChI is InChI=1S/C47H44F2N2O3/c48-43(39-21-9-3-10-22-39)29-45-46(30-44(49)40-23-11-4-12-24-40)51(32-38-20-14-26-42(28-38)54-34-36-17-7-2-8-18-36)47(52)50(45)31-37-19-13-25-41(27-37)53-33-35-15-5-1-6-16-35/h1-28,43-46H,29-34H2. The topological polar surface area (TPSA) is 42.0 Å². The molecule has 274 valence electrons. The number of carbonyl (C=O) groups is 1. The monoisotopic (exact) mass is 722 g/mol. The molecule has 4 unspecified atom stereocenters. The highest BCUT2D eigenvalue weighted by molar-refractivity contribution is 5.78. The van der Waals surface area contributed by atoms with Crippen molar-refractivity contribution in [2.45, 2.75) is 63.6 Å². The number of benzene rings is 6. The highest BCUT2D eigenvalue weighted by Crippen LogP contribution is 2.39. The molecule has 1 fully saturated rings. The van der Waals surface area contributed by atoms with E-state index in [0.29, 0.717) is 35.8 Å². The molecule has 5 nitrogen and oxygen atoms in total. The zero-order valence-corrected chi connectivity index (χ0v) is 30.1. The van der Waals surface area contributed by atoms with Gasteiger partial charge in [-0.25, -0.2) is 13.6 Å². The minimum absolute atomic E-state index is 0.0167. The van der Waals surface area contributed by atoms with Crippen LogP contribution in [0.15, 0.2) is 170 Å². The lowest BCUT2D eigenvalue weighted by atomic mass is 9.92. The van der Waals surface area contributed by atoms with Crippen molar-refractivity contribution < 1.29 is 23.0 Å². The third kappa shape index (κ3) is 9.34. The maximum atomic E-state index is 16.3. The normalized spacial score (nSPS) is 16.6. The number of hydrogen-bond acceptors (Lipinski definition) is 3. The molecule has 7 heteroatoms. The summed E-state index contributed by atoms with van der Waals surface area (Å²) in [5.41, 5.74) is 4.82. The summed E-state index contributed by atoms with van der Waals surface area (Å²) in [7, 11) is 0. The molecule has 0 aliphatic carbocycles. The van der Waals surface area contributed by atoms with Crippen LogP contribution in [-0.2, 0) is 26.3 Å². The van der Waals surface area contributed by atoms with Crippen LogP contribution in [0.25, 0.3) is 0 Å². The maximum absolute atomic E-state index is 16.3. The summed E-state index contributed by atoms with van der Waals surface area (Å²) >= 11 is 0. The Morgan fingerprint density at radius 3 is 1.20 bits per heavy atom.